The van der Waals surface area contributed by atoms with Crippen molar-refractivity contribution in [3.05, 3.63) is 47.0 Å². The molecule has 1 N–H and O–H groups in total. The zero-order valence-electron chi connectivity index (χ0n) is 15.4. The zero-order valence-corrected chi connectivity index (χ0v) is 16.2. The summed E-state index contributed by atoms with van der Waals surface area (Å²) in [4.78, 5) is 0. The number of hydrogen-bond donors (Lipinski definition) is 1. The third-order valence-electron chi connectivity index (χ3n) is 5.32. The second-order valence-corrected chi connectivity index (χ2v) is 9.63. The van der Waals surface area contributed by atoms with Crippen LogP contribution in [-0.4, -0.2) is 37.7 Å². The van der Waals surface area contributed by atoms with Crippen LogP contribution in [0.15, 0.2) is 30.3 Å². The maximum absolute atomic E-state index is 11.6. The summed E-state index contributed by atoms with van der Waals surface area (Å²) in [5, 5.41) is 9.49. The van der Waals surface area contributed by atoms with Gasteiger partial charge in [0.2, 0.25) is 0 Å². The maximum Gasteiger partial charge on any atom is 0.150 e. The van der Waals surface area contributed by atoms with Crippen LogP contribution >= 0.6 is 0 Å². The number of fused-ring (bicyclic) bond motifs is 3. The average molecular weight is 388 g/mol. The molecule has 0 spiro atoms. The molecule has 2 aliphatic heterocycles. The molecule has 2 aromatic carbocycles. The summed E-state index contributed by atoms with van der Waals surface area (Å²) in [6.07, 6.45) is 1.81. The molecule has 0 amide bonds. The Kier molecular flexibility index (Phi) is 4.86. The maximum atomic E-state index is 11.6. The molecule has 27 heavy (non-hydrogen) atoms. The predicted molar refractivity (Wildman–Crippen MR) is 104 cm³/mol. The van der Waals surface area contributed by atoms with Crippen molar-refractivity contribution in [2.45, 2.75) is 38.9 Å². The van der Waals surface area contributed by atoms with Gasteiger partial charge in [-0.2, -0.15) is 0 Å². The van der Waals surface area contributed by atoms with E-state index in [4.69, 9.17) is 9.47 Å². The van der Waals surface area contributed by atoms with Crippen molar-refractivity contribution >= 4 is 9.84 Å². The van der Waals surface area contributed by atoms with Gasteiger partial charge in [0, 0.05) is 12.0 Å². The Morgan fingerprint density at radius 2 is 1.96 bits per heavy atom. The smallest absolute Gasteiger partial charge is 0.150 e. The van der Waals surface area contributed by atoms with Crippen LogP contribution in [0.1, 0.15) is 29.5 Å². The van der Waals surface area contributed by atoms with Crippen LogP contribution in [0.3, 0.4) is 0 Å². The first-order chi connectivity index (χ1) is 12.9. The molecule has 6 heteroatoms. The molecule has 0 unspecified atom stereocenters. The highest BCUT2D eigenvalue weighted by Crippen LogP contribution is 2.40. The highest BCUT2D eigenvalue weighted by Gasteiger charge is 2.26. The Morgan fingerprint density at radius 1 is 1.19 bits per heavy atom. The van der Waals surface area contributed by atoms with E-state index >= 15 is 0 Å². The van der Waals surface area contributed by atoms with Gasteiger partial charge in [0.05, 0.1) is 24.7 Å². The van der Waals surface area contributed by atoms with Crippen molar-refractivity contribution in [1.29, 1.82) is 0 Å². The number of ether oxygens (including phenoxy) is 2. The molecule has 1 saturated heterocycles. The molecular formula is C21H24O5S. The predicted octanol–water partition coefficient (Wildman–Crippen LogP) is 3.05. The molecular weight excluding hydrogens is 364 g/mol. The Hall–Kier alpha value is -2.05. The van der Waals surface area contributed by atoms with Gasteiger partial charge in [-0.05, 0) is 66.3 Å². The van der Waals surface area contributed by atoms with E-state index in [1.54, 1.807) is 0 Å². The lowest BCUT2D eigenvalue weighted by atomic mass is 9.92. The summed E-state index contributed by atoms with van der Waals surface area (Å²) in [5.41, 5.74) is 5.24. The molecule has 0 aliphatic carbocycles. The molecule has 0 radical (unpaired) electrons. The van der Waals surface area contributed by atoms with Gasteiger partial charge in [-0.1, -0.05) is 6.07 Å². The third kappa shape index (κ3) is 3.82. The van der Waals surface area contributed by atoms with Crippen LogP contribution in [-0.2, 0) is 22.9 Å². The summed E-state index contributed by atoms with van der Waals surface area (Å²) in [6, 6.07) is 9.85. The van der Waals surface area contributed by atoms with Crippen molar-refractivity contribution in [3.63, 3.8) is 0 Å². The van der Waals surface area contributed by atoms with Gasteiger partial charge in [0.15, 0.2) is 9.84 Å². The molecule has 0 saturated carbocycles. The largest absolute Gasteiger partial charge is 0.493 e. The van der Waals surface area contributed by atoms with Gasteiger partial charge in [-0.25, -0.2) is 8.42 Å². The number of aliphatic hydroxyl groups is 1. The van der Waals surface area contributed by atoms with Gasteiger partial charge < -0.3 is 14.6 Å². The summed E-state index contributed by atoms with van der Waals surface area (Å²) in [6.45, 7) is 2.63. The Labute approximate surface area is 159 Å². The lowest BCUT2D eigenvalue weighted by Gasteiger charge is -2.24. The molecule has 5 nitrogen and oxygen atoms in total. The Bertz CT molecular complexity index is 951. The highest BCUT2D eigenvalue weighted by molar-refractivity contribution is 7.91. The van der Waals surface area contributed by atoms with E-state index in [0.29, 0.717) is 19.4 Å². The summed E-state index contributed by atoms with van der Waals surface area (Å²) < 4.78 is 35.3. The first-order valence-corrected chi connectivity index (χ1v) is 11.1. The van der Waals surface area contributed by atoms with E-state index in [0.717, 1.165) is 45.7 Å². The average Bonchev–Trinajstić information content (AvgIpc) is 2.82. The van der Waals surface area contributed by atoms with Crippen molar-refractivity contribution in [2.75, 3.05) is 18.1 Å². The van der Waals surface area contributed by atoms with Crippen molar-refractivity contribution in [2.24, 2.45) is 0 Å². The molecule has 1 fully saturated rings. The number of aliphatic hydroxyl groups excluding tert-OH is 1. The van der Waals surface area contributed by atoms with Crippen LogP contribution in [0.4, 0.5) is 0 Å². The van der Waals surface area contributed by atoms with Crippen LogP contribution in [0, 0.1) is 6.92 Å². The number of sulfone groups is 1. The van der Waals surface area contributed by atoms with E-state index in [9.17, 15) is 13.5 Å². The molecule has 2 heterocycles. The van der Waals surface area contributed by atoms with Crippen LogP contribution < -0.4 is 9.47 Å². The van der Waals surface area contributed by atoms with E-state index < -0.39 is 9.84 Å². The van der Waals surface area contributed by atoms with E-state index in [-0.39, 0.29) is 24.2 Å². The summed E-state index contributed by atoms with van der Waals surface area (Å²) in [7, 11) is -2.89. The van der Waals surface area contributed by atoms with Crippen molar-refractivity contribution in [1.82, 2.24) is 0 Å². The molecule has 0 aromatic heterocycles. The molecule has 144 valence electrons. The van der Waals surface area contributed by atoms with Gasteiger partial charge in [0.25, 0.3) is 0 Å². The second kappa shape index (κ2) is 7.17. The fraction of sp³-hybridized carbons (Fsp3) is 0.429. The number of benzene rings is 2. The minimum atomic E-state index is -2.89. The van der Waals surface area contributed by atoms with Gasteiger partial charge in [0.1, 0.15) is 17.6 Å². The minimum Gasteiger partial charge on any atom is -0.493 e. The first-order valence-electron chi connectivity index (χ1n) is 9.33. The van der Waals surface area contributed by atoms with E-state index in [1.807, 2.05) is 24.3 Å². The SMILES string of the molecule is Cc1cc(OC2CCS(=O)(=O)CC2)cc2c1-c1cc(CO)ccc1OCC2. The quantitative estimate of drug-likeness (QED) is 0.875. The molecule has 0 atom stereocenters. The second-order valence-electron chi connectivity index (χ2n) is 7.33. The Balaban J connectivity index is 1.66. The number of aryl methyl sites for hydroxylation is 1. The third-order valence-corrected chi connectivity index (χ3v) is 7.04. The first kappa shape index (κ1) is 18.3. The fourth-order valence-corrected chi connectivity index (χ4v) is 5.37. The topological polar surface area (TPSA) is 72.8 Å². The normalized spacial score (nSPS) is 18.7. The van der Waals surface area contributed by atoms with E-state index in [2.05, 4.69) is 13.0 Å². The van der Waals surface area contributed by atoms with Crippen molar-refractivity contribution < 1.29 is 23.0 Å². The lowest BCUT2D eigenvalue weighted by Crippen LogP contribution is -2.30. The van der Waals surface area contributed by atoms with Gasteiger partial charge >= 0.3 is 0 Å². The van der Waals surface area contributed by atoms with Crippen LogP contribution in [0.25, 0.3) is 11.1 Å². The van der Waals surface area contributed by atoms with E-state index in [1.165, 1.54) is 0 Å². The monoisotopic (exact) mass is 388 g/mol. The van der Waals surface area contributed by atoms with Crippen molar-refractivity contribution in [3.8, 4) is 22.6 Å². The lowest BCUT2D eigenvalue weighted by molar-refractivity contribution is 0.189. The van der Waals surface area contributed by atoms with Gasteiger partial charge in [-0.15, -0.1) is 0 Å². The minimum absolute atomic E-state index is 0.00650. The molecule has 0 bridgehead atoms. The molecule has 2 aliphatic rings. The van der Waals surface area contributed by atoms with Gasteiger partial charge in [-0.3, -0.25) is 0 Å². The fourth-order valence-electron chi connectivity index (χ4n) is 3.92. The molecule has 4 rings (SSSR count). The number of hydrogen-bond acceptors (Lipinski definition) is 5. The summed E-state index contributed by atoms with van der Waals surface area (Å²) in [5.74, 6) is 2.02. The van der Waals surface area contributed by atoms with Crippen LogP contribution in [0.2, 0.25) is 0 Å². The van der Waals surface area contributed by atoms with Crippen LogP contribution in [0.5, 0.6) is 11.5 Å². The highest BCUT2D eigenvalue weighted by atomic mass is 32.2. The zero-order chi connectivity index (χ0) is 19.0. The Morgan fingerprint density at radius 3 is 2.70 bits per heavy atom. The molecule has 2 aromatic rings. The standard InChI is InChI=1S/C21H24O5S/c1-14-10-18(26-17-5-8-27(23,24)9-6-17)12-16-4-7-25-20-3-2-15(13-22)11-19(20)21(14)16/h2-3,10-12,17,22H,4-9,13H2,1H3. The summed E-state index contributed by atoms with van der Waals surface area (Å²) >= 11 is 0. The number of rotatable bonds is 3.